The van der Waals surface area contributed by atoms with E-state index in [1.165, 1.54) is 0 Å². The van der Waals surface area contributed by atoms with Crippen LogP contribution in [0.25, 0.3) is 11.3 Å². The summed E-state index contributed by atoms with van der Waals surface area (Å²) >= 11 is 0. The Kier molecular flexibility index (Phi) is 3.99. The van der Waals surface area contributed by atoms with E-state index < -0.39 is 0 Å². The lowest BCUT2D eigenvalue weighted by Gasteiger charge is -2.24. The third-order valence-corrected chi connectivity index (χ3v) is 3.64. The monoisotopic (exact) mass is 287 g/mol. The molecule has 0 atom stereocenters. The molecule has 0 aliphatic rings. The number of rotatable bonds is 3. The third-order valence-electron chi connectivity index (χ3n) is 3.64. The molecule has 0 saturated carbocycles. The second-order valence-electron chi connectivity index (χ2n) is 6.31. The van der Waals surface area contributed by atoms with Crippen molar-refractivity contribution in [3.8, 4) is 17.0 Å². The van der Waals surface area contributed by atoms with Crippen LogP contribution in [0.2, 0.25) is 0 Å². The molecule has 0 unspecified atom stereocenters. The largest absolute Gasteiger partial charge is 0.496 e. The second-order valence-corrected chi connectivity index (χ2v) is 6.31. The van der Waals surface area contributed by atoms with Crippen LogP contribution in [0.15, 0.2) is 18.2 Å². The van der Waals surface area contributed by atoms with E-state index >= 15 is 0 Å². The summed E-state index contributed by atoms with van der Waals surface area (Å²) in [6, 6.07) is 6.05. The molecule has 0 radical (unpaired) electrons. The van der Waals surface area contributed by atoms with Crippen molar-refractivity contribution in [1.29, 1.82) is 0 Å². The van der Waals surface area contributed by atoms with E-state index in [0.29, 0.717) is 0 Å². The van der Waals surface area contributed by atoms with E-state index in [0.717, 1.165) is 40.6 Å². The molecule has 1 heterocycles. The number of aromatic nitrogens is 2. The molecule has 2 aromatic rings. The predicted octanol–water partition coefficient (Wildman–Crippen LogP) is 3.77. The maximum absolute atomic E-state index is 6.39. The average molecular weight is 287 g/mol. The Balaban J connectivity index is 2.60. The first-order chi connectivity index (χ1) is 9.79. The molecule has 4 nitrogen and oxygen atoms in total. The van der Waals surface area contributed by atoms with Gasteiger partial charge in [-0.05, 0) is 51.5 Å². The summed E-state index contributed by atoms with van der Waals surface area (Å²) in [5.41, 5.74) is 9.27. The fraction of sp³-hybridized carbons (Fsp3) is 0.471. The first kappa shape index (κ1) is 15.4. The van der Waals surface area contributed by atoms with Gasteiger partial charge in [-0.25, -0.2) is 4.98 Å². The van der Waals surface area contributed by atoms with Gasteiger partial charge in [0, 0.05) is 17.5 Å². The number of benzene rings is 1. The molecular formula is C17H25N3O. The van der Waals surface area contributed by atoms with Crippen molar-refractivity contribution in [2.45, 2.75) is 46.6 Å². The van der Waals surface area contributed by atoms with Gasteiger partial charge in [0.25, 0.3) is 0 Å². The smallest absolute Gasteiger partial charge is 0.132 e. The minimum atomic E-state index is -0.0812. The molecule has 0 fully saturated rings. The molecule has 21 heavy (non-hydrogen) atoms. The number of imidazole rings is 1. The van der Waals surface area contributed by atoms with E-state index in [-0.39, 0.29) is 5.54 Å². The number of methoxy groups -OCH3 is 1. The van der Waals surface area contributed by atoms with Crippen LogP contribution >= 0.6 is 0 Å². The molecule has 0 spiro atoms. The van der Waals surface area contributed by atoms with Crippen LogP contribution in [0.1, 0.15) is 39.1 Å². The molecule has 0 saturated heterocycles. The summed E-state index contributed by atoms with van der Waals surface area (Å²) in [6.45, 7) is 10.6. The van der Waals surface area contributed by atoms with E-state index in [4.69, 9.17) is 15.5 Å². The van der Waals surface area contributed by atoms with Crippen molar-refractivity contribution < 1.29 is 4.74 Å². The molecule has 0 aliphatic heterocycles. The number of anilines is 1. The molecule has 0 bridgehead atoms. The van der Waals surface area contributed by atoms with E-state index in [1.54, 1.807) is 7.11 Å². The number of hydrogen-bond acceptors (Lipinski definition) is 3. The fourth-order valence-electron chi connectivity index (χ4n) is 2.71. The second kappa shape index (κ2) is 5.43. The van der Waals surface area contributed by atoms with Crippen LogP contribution in [0.4, 0.5) is 5.82 Å². The number of nitrogens with zero attached hydrogens (tertiary/aromatic N) is 2. The van der Waals surface area contributed by atoms with Crippen LogP contribution in [0, 0.1) is 6.92 Å². The zero-order valence-corrected chi connectivity index (χ0v) is 13.8. The Hall–Kier alpha value is -1.97. The topological polar surface area (TPSA) is 53.1 Å². The SMILES string of the molecule is CCc1nc(-c2ccc(OC)c(C)c2)c(N)n1C(C)(C)C. The maximum Gasteiger partial charge on any atom is 0.132 e. The standard InChI is InChI=1S/C17H25N3O/c1-7-14-19-15(16(18)20(14)17(3,4)5)12-8-9-13(21-6)11(2)10-12/h8-10H,7,18H2,1-6H3. The van der Waals surface area contributed by atoms with Crippen molar-refractivity contribution >= 4 is 5.82 Å². The van der Waals surface area contributed by atoms with Crippen LogP contribution < -0.4 is 10.5 Å². The highest BCUT2D eigenvalue weighted by Gasteiger charge is 2.23. The first-order valence-electron chi connectivity index (χ1n) is 7.32. The molecule has 0 amide bonds. The minimum absolute atomic E-state index is 0.0812. The van der Waals surface area contributed by atoms with Crippen molar-refractivity contribution in [3.05, 3.63) is 29.6 Å². The lowest BCUT2D eigenvalue weighted by atomic mass is 10.1. The van der Waals surface area contributed by atoms with E-state index in [9.17, 15) is 0 Å². The Morgan fingerprint density at radius 1 is 1.29 bits per heavy atom. The molecule has 2 rings (SSSR count). The van der Waals surface area contributed by atoms with Crippen molar-refractivity contribution in [1.82, 2.24) is 9.55 Å². The summed E-state index contributed by atoms with van der Waals surface area (Å²) < 4.78 is 7.44. The van der Waals surface area contributed by atoms with Crippen LogP contribution in [0.5, 0.6) is 5.75 Å². The van der Waals surface area contributed by atoms with Crippen molar-refractivity contribution in [2.24, 2.45) is 0 Å². The minimum Gasteiger partial charge on any atom is -0.496 e. The van der Waals surface area contributed by atoms with Gasteiger partial charge in [0.05, 0.1) is 7.11 Å². The van der Waals surface area contributed by atoms with Gasteiger partial charge >= 0.3 is 0 Å². The summed E-state index contributed by atoms with van der Waals surface area (Å²) in [7, 11) is 1.68. The Bertz CT molecular complexity index is 651. The zero-order valence-electron chi connectivity index (χ0n) is 13.8. The lowest BCUT2D eigenvalue weighted by Crippen LogP contribution is -2.25. The highest BCUT2D eigenvalue weighted by molar-refractivity contribution is 5.72. The van der Waals surface area contributed by atoms with Gasteiger partial charge in [-0.15, -0.1) is 0 Å². The summed E-state index contributed by atoms with van der Waals surface area (Å²) in [4.78, 5) is 4.76. The predicted molar refractivity (Wildman–Crippen MR) is 87.7 cm³/mol. The van der Waals surface area contributed by atoms with Gasteiger partial charge in [0.1, 0.15) is 23.1 Å². The zero-order chi connectivity index (χ0) is 15.8. The van der Waals surface area contributed by atoms with Gasteiger partial charge in [0.2, 0.25) is 0 Å². The van der Waals surface area contributed by atoms with Gasteiger partial charge < -0.3 is 15.0 Å². The normalized spacial score (nSPS) is 11.7. The molecule has 0 aliphatic carbocycles. The van der Waals surface area contributed by atoms with Gasteiger partial charge in [-0.1, -0.05) is 6.92 Å². The summed E-state index contributed by atoms with van der Waals surface area (Å²) in [5, 5.41) is 0. The molecule has 114 valence electrons. The molecule has 1 aromatic heterocycles. The van der Waals surface area contributed by atoms with E-state index in [1.807, 2.05) is 19.1 Å². The van der Waals surface area contributed by atoms with Gasteiger partial charge in [-0.3, -0.25) is 0 Å². The number of ether oxygens (including phenoxy) is 1. The quantitative estimate of drug-likeness (QED) is 0.935. The molecule has 1 aromatic carbocycles. The average Bonchev–Trinajstić information content (AvgIpc) is 2.75. The van der Waals surface area contributed by atoms with Crippen molar-refractivity contribution in [3.63, 3.8) is 0 Å². The third kappa shape index (κ3) is 2.75. The summed E-state index contributed by atoms with van der Waals surface area (Å²) in [6.07, 6.45) is 0.858. The first-order valence-corrected chi connectivity index (χ1v) is 7.32. The molecule has 4 heteroatoms. The van der Waals surface area contributed by atoms with Crippen LogP contribution in [-0.2, 0) is 12.0 Å². The number of hydrogen-bond donors (Lipinski definition) is 1. The lowest BCUT2D eigenvalue weighted by molar-refractivity contribution is 0.389. The number of aryl methyl sites for hydroxylation is 2. The number of nitrogen functional groups attached to an aromatic ring is 1. The molecular weight excluding hydrogens is 262 g/mol. The van der Waals surface area contributed by atoms with Crippen LogP contribution in [-0.4, -0.2) is 16.7 Å². The summed E-state index contributed by atoms with van der Waals surface area (Å²) in [5.74, 6) is 2.62. The number of nitrogens with two attached hydrogens (primary N) is 1. The van der Waals surface area contributed by atoms with Crippen LogP contribution in [0.3, 0.4) is 0 Å². The van der Waals surface area contributed by atoms with Gasteiger partial charge in [-0.2, -0.15) is 0 Å². The van der Waals surface area contributed by atoms with Gasteiger partial charge in [0.15, 0.2) is 0 Å². The Morgan fingerprint density at radius 3 is 2.38 bits per heavy atom. The Morgan fingerprint density at radius 2 is 1.95 bits per heavy atom. The van der Waals surface area contributed by atoms with Crippen molar-refractivity contribution in [2.75, 3.05) is 12.8 Å². The highest BCUT2D eigenvalue weighted by Crippen LogP contribution is 2.33. The maximum atomic E-state index is 6.39. The molecule has 2 N–H and O–H groups in total. The fourth-order valence-corrected chi connectivity index (χ4v) is 2.71. The Labute approximate surface area is 127 Å². The highest BCUT2D eigenvalue weighted by atomic mass is 16.5. The van der Waals surface area contributed by atoms with E-state index in [2.05, 4.69) is 38.3 Å².